The Morgan fingerprint density at radius 2 is 0.673 bits per heavy atom. The van der Waals surface area contributed by atoms with Gasteiger partial charge in [0.15, 0.2) is 0 Å². The minimum atomic E-state index is -0.703. The molecule has 0 aliphatic heterocycles. The van der Waals surface area contributed by atoms with Gasteiger partial charge in [-0.2, -0.15) is 0 Å². The van der Waals surface area contributed by atoms with Crippen LogP contribution in [0.2, 0.25) is 0 Å². The Morgan fingerprint density at radius 1 is 0.365 bits per heavy atom. The van der Waals surface area contributed by atoms with Crippen LogP contribution in [-0.4, -0.2) is 14.2 Å². The number of benzene rings is 8. The predicted octanol–water partition coefficient (Wildman–Crippen LogP) is 10.9. The summed E-state index contributed by atoms with van der Waals surface area (Å²) in [5.41, 5.74) is 5.22. The van der Waals surface area contributed by atoms with Gasteiger partial charge in [-0.25, -0.2) is 0 Å². The van der Waals surface area contributed by atoms with Gasteiger partial charge in [-0.05, 0) is 105 Å². The van der Waals surface area contributed by atoms with E-state index in [0.717, 1.165) is 23.8 Å². The quantitative estimate of drug-likeness (QED) is 0.124. The van der Waals surface area contributed by atoms with Gasteiger partial charge < -0.3 is 9.47 Å². The Labute approximate surface area is 309 Å². The van der Waals surface area contributed by atoms with E-state index in [-0.39, 0.29) is 0 Å². The molecule has 8 aromatic rings. The van der Waals surface area contributed by atoms with Gasteiger partial charge in [0.05, 0.1) is 14.2 Å². The maximum absolute atomic E-state index is 5.89. The van der Waals surface area contributed by atoms with Crippen molar-refractivity contribution in [1.29, 1.82) is 0 Å². The van der Waals surface area contributed by atoms with Crippen molar-refractivity contribution in [3.63, 3.8) is 0 Å². The van der Waals surface area contributed by atoms with Crippen LogP contribution in [0.4, 0.5) is 0 Å². The average molecular weight is 711 g/mol. The minimum Gasteiger partial charge on any atom is -0.497 e. The van der Waals surface area contributed by atoms with Gasteiger partial charge in [-0.15, -0.1) is 0 Å². The molecule has 0 bridgehead atoms. The number of hydrogen-bond donors (Lipinski definition) is 0. The smallest absolute Gasteiger partial charge is 0.119 e. The van der Waals surface area contributed by atoms with Gasteiger partial charge in [0.25, 0.3) is 0 Å². The van der Waals surface area contributed by atoms with Crippen LogP contribution in [0.15, 0.2) is 182 Å². The molecule has 0 saturated heterocycles. The topological polar surface area (TPSA) is 18.5 Å². The molecule has 0 radical (unpaired) electrons. The lowest BCUT2D eigenvalue weighted by molar-refractivity contribution is 0.415. The van der Waals surface area contributed by atoms with Crippen LogP contribution in [0, 0.1) is 0 Å². The van der Waals surface area contributed by atoms with Crippen molar-refractivity contribution in [2.45, 2.75) is 12.3 Å². The Hall–Kier alpha value is -5.26. The molecular formula is C48H40O2P2. The fourth-order valence-electron chi connectivity index (χ4n) is 7.23. The molecule has 0 aliphatic carbocycles. The van der Waals surface area contributed by atoms with E-state index < -0.39 is 15.8 Å². The molecule has 0 spiro atoms. The Kier molecular flexibility index (Phi) is 10.1. The minimum absolute atomic E-state index is 0.703. The second kappa shape index (κ2) is 15.5. The fourth-order valence-corrected chi connectivity index (χ4v) is 11.9. The van der Waals surface area contributed by atoms with Crippen LogP contribution >= 0.6 is 15.8 Å². The third-order valence-electron chi connectivity index (χ3n) is 9.81. The van der Waals surface area contributed by atoms with E-state index in [1.54, 1.807) is 14.2 Å². The molecule has 254 valence electrons. The van der Waals surface area contributed by atoms with Crippen LogP contribution in [0.5, 0.6) is 11.5 Å². The lowest BCUT2D eigenvalue weighted by Gasteiger charge is -2.26. The zero-order chi connectivity index (χ0) is 35.3. The van der Waals surface area contributed by atoms with E-state index in [9.17, 15) is 0 Å². The van der Waals surface area contributed by atoms with Crippen molar-refractivity contribution in [1.82, 2.24) is 0 Å². The van der Waals surface area contributed by atoms with Crippen molar-refractivity contribution < 1.29 is 9.47 Å². The monoisotopic (exact) mass is 710 g/mol. The molecule has 8 rings (SSSR count). The van der Waals surface area contributed by atoms with E-state index in [4.69, 9.17) is 9.47 Å². The first-order valence-corrected chi connectivity index (χ1v) is 20.7. The number of ether oxygens (including phenoxy) is 2. The summed E-state index contributed by atoms with van der Waals surface area (Å²) in [6.07, 6.45) is 1.80. The highest BCUT2D eigenvalue weighted by molar-refractivity contribution is 7.72. The SMILES string of the molecule is COc1ccc2ccc(CP(c3ccccc3)c3ccccc3)c(-c3c(CP(c4ccccc4)c4ccccc4)ccc4ccc(OC)cc34)c2c1. The molecule has 8 aromatic carbocycles. The summed E-state index contributed by atoms with van der Waals surface area (Å²) in [6.45, 7) is 0. The second-order valence-electron chi connectivity index (χ2n) is 12.9. The van der Waals surface area contributed by atoms with Gasteiger partial charge in [0.1, 0.15) is 11.5 Å². The fraction of sp³-hybridized carbons (Fsp3) is 0.0833. The zero-order valence-corrected chi connectivity index (χ0v) is 31.2. The van der Waals surface area contributed by atoms with Crippen LogP contribution < -0.4 is 30.7 Å². The summed E-state index contributed by atoms with van der Waals surface area (Å²) in [6, 6.07) is 66.6. The standard InChI is InChI=1S/C48H40O2P2/c1-49-39-29-27-35-23-25-37(33-51(41-15-7-3-8-16-41)42-17-9-4-10-18-42)47(45(35)31-39)48-38(26-24-36-28-30-40(50-2)32-46(36)48)34-52(43-19-11-5-12-20-43)44-21-13-6-14-22-44/h3-32H,33-34H2,1-2H3. The van der Waals surface area contributed by atoms with Crippen LogP contribution in [-0.2, 0) is 12.3 Å². The molecule has 0 unspecified atom stereocenters. The molecule has 52 heavy (non-hydrogen) atoms. The molecule has 0 N–H and O–H groups in total. The first kappa shape index (κ1) is 33.9. The van der Waals surface area contributed by atoms with Crippen molar-refractivity contribution in [3.8, 4) is 22.6 Å². The average Bonchev–Trinajstić information content (AvgIpc) is 3.22. The van der Waals surface area contributed by atoms with Gasteiger partial charge in [-0.1, -0.05) is 158 Å². The number of rotatable bonds is 11. The third kappa shape index (κ3) is 6.98. The van der Waals surface area contributed by atoms with Gasteiger partial charge in [0.2, 0.25) is 0 Å². The lowest BCUT2D eigenvalue weighted by atomic mass is 9.87. The van der Waals surface area contributed by atoms with E-state index in [2.05, 4.69) is 182 Å². The molecular weight excluding hydrogens is 670 g/mol. The molecule has 0 atom stereocenters. The highest BCUT2D eigenvalue weighted by Crippen LogP contribution is 2.49. The summed E-state index contributed by atoms with van der Waals surface area (Å²) in [4.78, 5) is 0. The Morgan fingerprint density at radius 3 is 0.981 bits per heavy atom. The molecule has 4 heteroatoms. The Bertz CT molecular complexity index is 2180. The molecule has 0 amide bonds. The van der Waals surface area contributed by atoms with E-state index in [1.165, 1.54) is 65.0 Å². The highest BCUT2D eigenvalue weighted by Gasteiger charge is 2.24. The van der Waals surface area contributed by atoms with Crippen molar-refractivity contribution in [2.75, 3.05) is 14.2 Å². The van der Waals surface area contributed by atoms with Crippen molar-refractivity contribution in [3.05, 3.63) is 193 Å². The summed E-state index contributed by atoms with van der Waals surface area (Å²) in [7, 11) is 2.11. The van der Waals surface area contributed by atoms with Crippen LogP contribution in [0.1, 0.15) is 11.1 Å². The summed E-state index contributed by atoms with van der Waals surface area (Å²) in [5.74, 6) is 1.71. The first-order chi connectivity index (χ1) is 25.7. The lowest BCUT2D eigenvalue weighted by Crippen LogP contribution is -2.14. The van der Waals surface area contributed by atoms with Crippen LogP contribution in [0.3, 0.4) is 0 Å². The summed E-state index contributed by atoms with van der Waals surface area (Å²) < 4.78 is 11.8. The largest absolute Gasteiger partial charge is 0.497 e. The van der Waals surface area contributed by atoms with Crippen molar-refractivity contribution >= 4 is 58.6 Å². The maximum Gasteiger partial charge on any atom is 0.119 e. The second-order valence-corrected chi connectivity index (χ2v) is 17.3. The zero-order valence-electron chi connectivity index (χ0n) is 29.4. The summed E-state index contributed by atoms with van der Waals surface area (Å²) >= 11 is 0. The molecule has 0 aromatic heterocycles. The van der Waals surface area contributed by atoms with E-state index in [1.807, 2.05) is 0 Å². The molecule has 0 fully saturated rings. The normalized spacial score (nSPS) is 11.4. The van der Waals surface area contributed by atoms with Gasteiger partial charge >= 0.3 is 0 Å². The summed E-state index contributed by atoms with van der Waals surface area (Å²) in [5, 5.41) is 10.3. The predicted molar refractivity (Wildman–Crippen MR) is 226 cm³/mol. The first-order valence-electron chi connectivity index (χ1n) is 17.6. The third-order valence-corrected chi connectivity index (χ3v) is 14.8. The maximum atomic E-state index is 5.89. The van der Waals surface area contributed by atoms with Crippen molar-refractivity contribution in [2.24, 2.45) is 0 Å². The van der Waals surface area contributed by atoms with Crippen LogP contribution in [0.25, 0.3) is 32.7 Å². The van der Waals surface area contributed by atoms with E-state index >= 15 is 0 Å². The molecule has 2 nitrogen and oxygen atoms in total. The highest BCUT2D eigenvalue weighted by atomic mass is 31.1. The van der Waals surface area contributed by atoms with Gasteiger partial charge in [0, 0.05) is 12.3 Å². The van der Waals surface area contributed by atoms with E-state index in [0.29, 0.717) is 0 Å². The number of fused-ring (bicyclic) bond motifs is 2. The number of methoxy groups -OCH3 is 2. The number of hydrogen-bond acceptors (Lipinski definition) is 2. The van der Waals surface area contributed by atoms with Gasteiger partial charge in [-0.3, -0.25) is 0 Å². The molecule has 0 heterocycles. The molecule has 0 saturated carbocycles. The molecule has 0 aliphatic rings. The Balaban J connectivity index is 1.42.